The van der Waals surface area contributed by atoms with Gasteiger partial charge in [0.05, 0.1) is 11.6 Å². The number of hydrogen-bond donors (Lipinski definition) is 1. The van der Waals surface area contributed by atoms with E-state index in [4.69, 9.17) is 9.47 Å². The lowest BCUT2D eigenvalue weighted by Gasteiger charge is -2.11. The summed E-state index contributed by atoms with van der Waals surface area (Å²) < 4.78 is 11.4. The number of rotatable bonds is 8. The fourth-order valence-corrected chi connectivity index (χ4v) is 4.51. The Kier molecular flexibility index (Phi) is 7.65. The molecule has 0 saturated carbocycles. The lowest BCUT2D eigenvalue weighted by molar-refractivity contribution is -0.118. The van der Waals surface area contributed by atoms with Crippen molar-refractivity contribution in [3.05, 3.63) is 69.5 Å². The summed E-state index contributed by atoms with van der Waals surface area (Å²) in [6.07, 6.45) is 2.04. The van der Waals surface area contributed by atoms with E-state index in [0.717, 1.165) is 28.4 Å². The van der Waals surface area contributed by atoms with E-state index in [2.05, 4.69) is 28.2 Å². The maximum absolute atomic E-state index is 12.5. The van der Waals surface area contributed by atoms with Gasteiger partial charge >= 0.3 is 5.97 Å². The number of carbonyl (C=O) groups excluding carboxylic acids is 2. The molecule has 3 rings (SSSR count). The summed E-state index contributed by atoms with van der Waals surface area (Å²) in [4.78, 5) is 24.9. The van der Waals surface area contributed by atoms with Gasteiger partial charge in [0, 0.05) is 10.9 Å². The van der Waals surface area contributed by atoms with E-state index in [1.54, 1.807) is 0 Å². The van der Waals surface area contributed by atoms with Crippen LogP contribution >= 0.6 is 27.3 Å². The average molecular weight is 488 g/mol. The van der Waals surface area contributed by atoms with Crippen LogP contribution in [-0.2, 0) is 16.0 Å². The first-order valence-corrected chi connectivity index (χ1v) is 11.2. The molecule has 0 spiro atoms. The number of halogens is 1. The number of esters is 1. The lowest BCUT2D eigenvalue weighted by Crippen LogP contribution is -2.21. The minimum Gasteiger partial charge on any atom is -0.483 e. The number of hydrogen-bond acceptors (Lipinski definition) is 5. The highest BCUT2D eigenvalue weighted by atomic mass is 79.9. The number of benzene rings is 2. The summed E-state index contributed by atoms with van der Waals surface area (Å²) in [5.41, 5.74) is 3.14. The maximum atomic E-state index is 12.5. The number of anilines is 1. The largest absolute Gasteiger partial charge is 0.483 e. The predicted octanol–water partition coefficient (Wildman–Crippen LogP) is 5.93. The minimum atomic E-state index is -0.499. The van der Waals surface area contributed by atoms with Crippen molar-refractivity contribution < 1.29 is 19.1 Å². The number of amides is 1. The van der Waals surface area contributed by atoms with Crippen LogP contribution in [0.3, 0.4) is 0 Å². The van der Waals surface area contributed by atoms with E-state index >= 15 is 0 Å². The smallest absolute Gasteiger partial charge is 0.341 e. The average Bonchev–Trinajstić information content (AvgIpc) is 3.17. The maximum Gasteiger partial charge on any atom is 0.341 e. The molecule has 0 aliphatic rings. The summed E-state index contributed by atoms with van der Waals surface area (Å²) in [5, 5.41) is 5.05. The van der Waals surface area contributed by atoms with E-state index in [1.165, 1.54) is 24.0 Å². The van der Waals surface area contributed by atoms with Gasteiger partial charge < -0.3 is 14.8 Å². The molecule has 0 fully saturated rings. The van der Waals surface area contributed by atoms with Gasteiger partial charge in [-0.2, -0.15) is 0 Å². The molecule has 5 nitrogen and oxygen atoms in total. The first kappa shape index (κ1) is 22.1. The van der Waals surface area contributed by atoms with Crippen molar-refractivity contribution in [1.82, 2.24) is 0 Å². The van der Waals surface area contributed by atoms with Gasteiger partial charge in [0.1, 0.15) is 16.3 Å². The zero-order valence-electron chi connectivity index (χ0n) is 16.7. The van der Waals surface area contributed by atoms with Crippen LogP contribution in [0.5, 0.6) is 5.75 Å². The molecule has 1 amide bonds. The van der Waals surface area contributed by atoms with Crippen LogP contribution in [0.2, 0.25) is 0 Å². The number of ether oxygens (including phenoxy) is 2. The highest BCUT2D eigenvalue weighted by molar-refractivity contribution is 9.10. The number of carbonyl (C=O) groups is 2. The van der Waals surface area contributed by atoms with Crippen molar-refractivity contribution in [3.8, 4) is 16.9 Å². The Bertz CT molecular complexity index is 1030. The topological polar surface area (TPSA) is 64.6 Å². The Hall–Kier alpha value is -2.64. The molecule has 1 N–H and O–H groups in total. The van der Waals surface area contributed by atoms with Gasteiger partial charge in [-0.3, -0.25) is 4.79 Å². The van der Waals surface area contributed by atoms with E-state index in [-0.39, 0.29) is 12.5 Å². The molecule has 0 unspecified atom stereocenters. The normalized spacial score (nSPS) is 10.5. The molecule has 7 heteroatoms. The zero-order chi connectivity index (χ0) is 21.5. The predicted molar refractivity (Wildman–Crippen MR) is 123 cm³/mol. The molecule has 0 radical (unpaired) electrons. The SMILES string of the molecule is CCCc1ccc(OCC(=O)Nc2scc(-c3ccccc3)c2C(=O)OC)c(Br)c1. The first-order valence-electron chi connectivity index (χ1n) is 9.49. The molecule has 1 heterocycles. The summed E-state index contributed by atoms with van der Waals surface area (Å²) >= 11 is 4.77. The Labute approximate surface area is 188 Å². The van der Waals surface area contributed by atoms with Gasteiger partial charge in [-0.25, -0.2) is 4.79 Å². The number of aryl methyl sites for hydroxylation is 1. The van der Waals surface area contributed by atoms with Crippen molar-refractivity contribution in [1.29, 1.82) is 0 Å². The summed E-state index contributed by atoms with van der Waals surface area (Å²) in [6.45, 7) is 1.95. The highest BCUT2D eigenvalue weighted by Gasteiger charge is 2.22. The van der Waals surface area contributed by atoms with E-state index in [0.29, 0.717) is 16.3 Å². The molecule has 0 aliphatic carbocycles. The quantitative estimate of drug-likeness (QED) is 0.399. The van der Waals surface area contributed by atoms with E-state index in [9.17, 15) is 9.59 Å². The second-order valence-electron chi connectivity index (χ2n) is 6.56. The second kappa shape index (κ2) is 10.4. The molecule has 0 aliphatic heterocycles. The summed E-state index contributed by atoms with van der Waals surface area (Å²) in [6, 6.07) is 15.3. The number of thiophene rings is 1. The van der Waals surface area contributed by atoms with Gasteiger partial charge in [-0.05, 0) is 45.6 Å². The molecular weight excluding hydrogens is 466 g/mol. The molecule has 0 bridgehead atoms. The summed E-state index contributed by atoms with van der Waals surface area (Å²) in [5.74, 6) is -0.263. The Morgan fingerprint density at radius 1 is 1.13 bits per heavy atom. The zero-order valence-corrected chi connectivity index (χ0v) is 19.1. The van der Waals surface area contributed by atoms with Crippen LogP contribution in [0.25, 0.3) is 11.1 Å². The molecule has 0 atom stereocenters. The van der Waals surface area contributed by atoms with Crippen LogP contribution in [0.4, 0.5) is 5.00 Å². The minimum absolute atomic E-state index is 0.176. The van der Waals surface area contributed by atoms with Gasteiger partial charge in [-0.15, -0.1) is 11.3 Å². The van der Waals surface area contributed by atoms with Crippen LogP contribution < -0.4 is 10.1 Å². The van der Waals surface area contributed by atoms with E-state index in [1.807, 2.05) is 53.9 Å². The van der Waals surface area contributed by atoms with Crippen molar-refractivity contribution in [2.45, 2.75) is 19.8 Å². The second-order valence-corrected chi connectivity index (χ2v) is 8.30. The van der Waals surface area contributed by atoms with Crippen LogP contribution in [0.1, 0.15) is 29.3 Å². The van der Waals surface area contributed by atoms with Crippen LogP contribution in [0.15, 0.2) is 58.4 Å². The van der Waals surface area contributed by atoms with Crippen molar-refractivity contribution >= 4 is 44.1 Å². The fraction of sp³-hybridized carbons (Fsp3) is 0.217. The van der Waals surface area contributed by atoms with Crippen molar-refractivity contribution in [2.24, 2.45) is 0 Å². The van der Waals surface area contributed by atoms with Gasteiger partial charge in [0.2, 0.25) is 0 Å². The monoisotopic (exact) mass is 487 g/mol. The standard InChI is InChI=1S/C23H22BrNO4S/c1-3-7-15-10-11-19(18(24)12-15)29-13-20(26)25-22-21(23(27)28-2)17(14-30-22)16-8-5-4-6-9-16/h4-6,8-12,14H,3,7,13H2,1-2H3,(H,25,26). The molecule has 1 aromatic heterocycles. The van der Waals surface area contributed by atoms with Crippen molar-refractivity contribution in [2.75, 3.05) is 19.0 Å². The van der Waals surface area contributed by atoms with Crippen LogP contribution in [-0.4, -0.2) is 25.6 Å². The number of nitrogens with one attached hydrogen (secondary N) is 1. The third-order valence-corrected chi connectivity index (χ3v) is 5.93. The molecule has 2 aromatic carbocycles. The molecule has 3 aromatic rings. The molecule has 0 saturated heterocycles. The summed E-state index contributed by atoms with van der Waals surface area (Å²) in [7, 11) is 1.32. The van der Waals surface area contributed by atoms with E-state index < -0.39 is 5.97 Å². The first-order chi connectivity index (χ1) is 14.5. The molecule has 156 valence electrons. The lowest BCUT2D eigenvalue weighted by atomic mass is 10.0. The molecule has 30 heavy (non-hydrogen) atoms. The Balaban J connectivity index is 1.72. The Morgan fingerprint density at radius 3 is 2.57 bits per heavy atom. The third kappa shape index (κ3) is 5.29. The van der Waals surface area contributed by atoms with Gasteiger partial charge in [-0.1, -0.05) is 49.7 Å². The highest BCUT2D eigenvalue weighted by Crippen LogP contribution is 2.36. The molecular formula is C23H22BrNO4S. The fourth-order valence-electron chi connectivity index (χ4n) is 3.00. The van der Waals surface area contributed by atoms with Gasteiger partial charge in [0.15, 0.2) is 6.61 Å². The third-order valence-electron chi connectivity index (χ3n) is 4.41. The van der Waals surface area contributed by atoms with Gasteiger partial charge in [0.25, 0.3) is 5.91 Å². The Morgan fingerprint density at radius 2 is 1.90 bits per heavy atom. The van der Waals surface area contributed by atoms with Crippen molar-refractivity contribution in [3.63, 3.8) is 0 Å². The van der Waals surface area contributed by atoms with Crippen LogP contribution in [0, 0.1) is 0 Å². The number of methoxy groups -OCH3 is 1.